The van der Waals surface area contributed by atoms with Crippen LogP contribution < -0.4 is 10.2 Å². The van der Waals surface area contributed by atoms with Crippen LogP contribution in [0.5, 0.6) is 0 Å². The molecule has 158 valence electrons. The molecule has 1 N–H and O–H groups in total. The molecule has 0 radical (unpaired) electrons. The molecule has 2 aliphatic rings. The fraction of sp³-hybridized carbons (Fsp3) is 0.650. The quantitative estimate of drug-likeness (QED) is 0.771. The third-order valence-electron chi connectivity index (χ3n) is 5.78. The summed E-state index contributed by atoms with van der Waals surface area (Å²) in [6.45, 7) is 7.93. The van der Waals surface area contributed by atoms with Gasteiger partial charge in [-0.05, 0) is 32.0 Å². The van der Waals surface area contributed by atoms with Crippen LogP contribution >= 0.6 is 11.3 Å². The molecule has 29 heavy (non-hydrogen) atoms. The zero-order valence-corrected chi connectivity index (χ0v) is 18.0. The lowest BCUT2D eigenvalue weighted by atomic mass is 10.2. The van der Waals surface area contributed by atoms with E-state index in [2.05, 4.69) is 37.3 Å². The number of piperazine rings is 1. The number of hydrogen-bond donors (Lipinski definition) is 1. The maximum absolute atomic E-state index is 12.7. The van der Waals surface area contributed by atoms with Gasteiger partial charge in [0.25, 0.3) is 5.91 Å². The van der Waals surface area contributed by atoms with Crippen LogP contribution in [0.3, 0.4) is 0 Å². The first kappa shape index (κ1) is 20.3. The summed E-state index contributed by atoms with van der Waals surface area (Å²) in [4.78, 5) is 19.8. The van der Waals surface area contributed by atoms with Crippen molar-refractivity contribution in [1.82, 2.24) is 29.9 Å². The van der Waals surface area contributed by atoms with Gasteiger partial charge in [-0.2, -0.15) is 0 Å². The van der Waals surface area contributed by atoms with E-state index in [1.54, 1.807) is 11.3 Å². The lowest BCUT2D eigenvalue weighted by Gasteiger charge is -2.32. The maximum Gasteiger partial charge on any atom is 0.268 e. The Balaban J connectivity index is 1.35. The summed E-state index contributed by atoms with van der Waals surface area (Å²) in [5.74, 6) is -0.0596. The van der Waals surface area contributed by atoms with Gasteiger partial charge in [0.05, 0.1) is 0 Å². The minimum absolute atomic E-state index is 0.0596. The minimum atomic E-state index is -0.0596. The third-order valence-corrected chi connectivity index (χ3v) is 6.76. The first-order valence-electron chi connectivity index (χ1n) is 10.7. The predicted octanol–water partition coefficient (Wildman–Crippen LogP) is 1.69. The number of hydrogen-bond acceptors (Lipinski definition) is 7. The van der Waals surface area contributed by atoms with Crippen LogP contribution in [0, 0.1) is 0 Å². The highest BCUT2D eigenvalue weighted by atomic mass is 32.1. The summed E-state index contributed by atoms with van der Waals surface area (Å²) < 4.78 is 1.85. The highest BCUT2D eigenvalue weighted by Gasteiger charge is 2.19. The molecule has 2 fully saturated rings. The standard InChI is InChI=1S/C20H31N7OS/c1-24-13-15-25(16-14-24)12-8-21-18(28)17-7-6-11-27(17)20-23-22-19(29-20)26-9-4-2-3-5-10-26/h6-7,11H,2-5,8-10,12-16H2,1H3,(H,21,28). The van der Waals surface area contributed by atoms with Crippen LogP contribution in [0.2, 0.25) is 0 Å². The topological polar surface area (TPSA) is 69.5 Å². The average Bonchev–Trinajstić information content (AvgIpc) is 3.33. The Labute approximate surface area is 176 Å². The second-order valence-corrected chi connectivity index (χ2v) is 8.87. The van der Waals surface area contributed by atoms with Crippen molar-refractivity contribution in [2.24, 2.45) is 0 Å². The van der Waals surface area contributed by atoms with Crippen LogP contribution in [0.1, 0.15) is 36.2 Å². The summed E-state index contributed by atoms with van der Waals surface area (Å²) in [5, 5.41) is 13.5. The molecule has 0 spiro atoms. The van der Waals surface area contributed by atoms with E-state index in [1.165, 1.54) is 25.7 Å². The van der Waals surface area contributed by atoms with Gasteiger partial charge < -0.3 is 15.1 Å². The maximum atomic E-state index is 12.7. The van der Waals surface area contributed by atoms with Crippen LogP contribution in [0.25, 0.3) is 5.13 Å². The molecule has 0 aromatic carbocycles. The monoisotopic (exact) mass is 417 g/mol. The summed E-state index contributed by atoms with van der Waals surface area (Å²) in [6.07, 6.45) is 6.89. The average molecular weight is 418 g/mol. The Bertz CT molecular complexity index is 788. The lowest BCUT2D eigenvalue weighted by molar-refractivity contribution is 0.0934. The fourth-order valence-corrected chi connectivity index (χ4v) is 4.81. The van der Waals surface area contributed by atoms with E-state index in [-0.39, 0.29) is 5.91 Å². The highest BCUT2D eigenvalue weighted by molar-refractivity contribution is 7.17. The second-order valence-electron chi connectivity index (χ2n) is 7.93. The normalized spacial score (nSPS) is 19.3. The smallest absolute Gasteiger partial charge is 0.268 e. The van der Waals surface area contributed by atoms with Crippen molar-refractivity contribution < 1.29 is 4.79 Å². The predicted molar refractivity (Wildman–Crippen MR) is 116 cm³/mol. The van der Waals surface area contributed by atoms with E-state index >= 15 is 0 Å². The van der Waals surface area contributed by atoms with Crippen molar-refractivity contribution in [3.8, 4) is 5.13 Å². The first-order chi connectivity index (χ1) is 14.2. The van der Waals surface area contributed by atoms with Gasteiger partial charge in [0.15, 0.2) is 0 Å². The zero-order valence-electron chi connectivity index (χ0n) is 17.2. The Morgan fingerprint density at radius 1 is 1.03 bits per heavy atom. The van der Waals surface area contributed by atoms with Crippen molar-refractivity contribution >= 4 is 22.4 Å². The van der Waals surface area contributed by atoms with Gasteiger partial charge in [0, 0.05) is 58.6 Å². The molecule has 4 heterocycles. The largest absolute Gasteiger partial charge is 0.349 e. The number of carbonyl (C=O) groups excluding carboxylic acids is 1. The second kappa shape index (κ2) is 9.69. The molecule has 4 rings (SSSR count). The van der Waals surface area contributed by atoms with Crippen molar-refractivity contribution in [1.29, 1.82) is 0 Å². The van der Waals surface area contributed by atoms with Crippen molar-refractivity contribution in [3.63, 3.8) is 0 Å². The van der Waals surface area contributed by atoms with Crippen LogP contribution in [-0.4, -0.2) is 89.9 Å². The third kappa shape index (κ3) is 5.15. The number of likely N-dealkylation sites (N-methyl/N-ethyl adjacent to an activating group) is 1. The van der Waals surface area contributed by atoms with Gasteiger partial charge in [0.2, 0.25) is 10.3 Å². The molecule has 0 bridgehead atoms. The van der Waals surface area contributed by atoms with Gasteiger partial charge in [-0.1, -0.05) is 24.2 Å². The van der Waals surface area contributed by atoms with E-state index in [0.29, 0.717) is 12.2 Å². The van der Waals surface area contributed by atoms with E-state index < -0.39 is 0 Å². The van der Waals surface area contributed by atoms with E-state index in [9.17, 15) is 4.79 Å². The van der Waals surface area contributed by atoms with Gasteiger partial charge in [0.1, 0.15) is 5.69 Å². The molecule has 9 heteroatoms. The molecule has 2 aromatic rings. The van der Waals surface area contributed by atoms with Crippen molar-refractivity contribution in [3.05, 3.63) is 24.0 Å². The summed E-state index contributed by atoms with van der Waals surface area (Å²) >= 11 is 1.56. The number of amides is 1. The SMILES string of the molecule is CN1CCN(CCNC(=O)c2cccn2-c2nnc(N3CCCCCC3)s2)CC1. The molecule has 8 nitrogen and oxygen atoms in total. The molecule has 1 amide bonds. The highest BCUT2D eigenvalue weighted by Crippen LogP contribution is 2.26. The van der Waals surface area contributed by atoms with Crippen molar-refractivity contribution in [2.75, 3.05) is 64.3 Å². The Hall–Kier alpha value is -1.97. The van der Waals surface area contributed by atoms with E-state index in [0.717, 1.165) is 56.1 Å². The number of rotatable bonds is 6. The number of anilines is 1. The molecule has 0 unspecified atom stereocenters. The molecule has 0 saturated carbocycles. The van der Waals surface area contributed by atoms with E-state index in [1.807, 2.05) is 22.9 Å². The molecule has 2 saturated heterocycles. The first-order valence-corrected chi connectivity index (χ1v) is 11.5. The van der Waals surface area contributed by atoms with E-state index in [4.69, 9.17) is 0 Å². The van der Waals surface area contributed by atoms with Gasteiger partial charge in [-0.25, -0.2) is 0 Å². The Kier molecular flexibility index (Phi) is 6.78. The number of aromatic nitrogens is 3. The number of nitrogens with zero attached hydrogens (tertiary/aromatic N) is 6. The summed E-state index contributed by atoms with van der Waals surface area (Å²) in [5.41, 5.74) is 0.613. The lowest BCUT2D eigenvalue weighted by Crippen LogP contribution is -2.47. The van der Waals surface area contributed by atoms with Crippen LogP contribution in [0.4, 0.5) is 5.13 Å². The Morgan fingerprint density at radius 2 is 1.76 bits per heavy atom. The molecule has 2 aromatic heterocycles. The summed E-state index contributed by atoms with van der Waals surface area (Å²) in [6, 6.07) is 3.74. The minimum Gasteiger partial charge on any atom is -0.349 e. The molecular formula is C20H31N7OS. The van der Waals surface area contributed by atoms with Crippen LogP contribution in [-0.2, 0) is 0 Å². The molecular weight excluding hydrogens is 386 g/mol. The fourth-order valence-electron chi connectivity index (χ4n) is 3.92. The van der Waals surface area contributed by atoms with Gasteiger partial charge >= 0.3 is 0 Å². The van der Waals surface area contributed by atoms with Crippen LogP contribution in [0.15, 0.2) is 18.3 Å². The number of nitrogens with one attached hydrogen (secondary N) is 1. The van der Waals surface area contributed by atoms with Gasteiger partial charge in [-0.3, -0.25) is 14.3 Å². The zero-order chi connectivity index (χ0) is 20.1. The number of carbonyl (C=O) groups is 1. The molecule has 0 aliphatic carbocycles. The molecule has 0 atom stereocenters. The molecule has 2 aliphatic heterocycles. The Morgan fingerprint density at radius 3 is 2.52 bits per heavy atom. The summed E-state index contributed by atoms with van der Waals surface area (Å²) in [7, 11) is 2.15. The van der Waals surface area contributed by atoms with Crippen molar-refractivity contribution in [2.45, 2.75) is 25.7 Å². The van der Waals surface area contributed by atoms with Gasteiger partial charge in [-0.15, -0.1) is 10.2 Å².